The van der Waals surface area contributed by atoms with Gasteiger partial charge in [0.05, 0.1) is 18.2 Å². The highest BCUT2D eigenvalue weighted by molar-refractivity contribution is 8.22. The molecule has 0 aliphatic carbocycles. The molecule has 2 aromatic rings. The maximum absolute atomic E-state index is 9.10. The molecule has 0 amide bonds. The molecule has 0 bridgehead atoms. The summed E-state index contributed by atoms with van der Waals surface area (Å²) in [6.45, 7) is 3.16. The van der Waals surface area contributed by atoms with Crippen molar-refractivity contribution < 1.29 is 24.5 Å². The third kappa shape index (κ3) is 8.61. The lowest BCUT2D eigenvalue weighted by Gasteiger charge is -2.19. The molecule has 1 atom stereocenters. The highest BCUT2D eigenvalue weighted by Gasteiger charge is 2.19. The molecule has 11 heteroatoms. The number of nitrogens with zero attached hydrogens (tertiary/aromatic N) is 2. The average molecular weight is 451 g/mol. The van der Waals surface area contributed by atoms with Crippen molar-refractivity contribution in [3.63, 3.8) is 0 Å². The van der Waals surface area contributed by atoms with E-state index in [1.165, 1.54) is 11.8 Å². The van der Waals surface area contributed by atoms with E-state index in [0.29, 0.717) is 27.6 Å². The Labute approximate surface area is 175 Å². The molecule has 1 aromatic heterocycles. The highest BCUT2D eigenvalue weighted by Crippen LogP contribution is 2.37. The van der Waals surface area contributed by atoms with Crippen LogP contribution >= 0.6 is 47.2 Å². The van der Waals surface area contributed by atoms with Gasteiger partial charge in [-0.25, -0.2) is 14.6 Å². The van der Waals surface area contributed by atoms with E-state index in [2.05, 4.69) is 4.98 Å². The van der Waals surface area contributed by atoms with Gasteiger partial charge >= 0.3 is 11.9 Å². The molecule has 2 N–H and O–H groups in total. The SMILES string of the molecule is CCOC(=S)SC(Cn1ccnc1)c1ccc(Cl)cc1Cl.O=C(O)C(=O)O. The first-order chi connectivity index (χ1) is 12.7. The number of carbonyl (C=O) groups is 2. The van der Waals surface area contributed by atoms with E-state index in [9.17, 15) is 0 Å². The fraction of sp³-hybridized carbons (Fsp3) is 0.250. The fourth-order valence-electron chi connectivity index (χ4n) is 1.82. The van der Waals surface area contributed by atoms with Gasteiger partial charge in [0.1, 0.15) is 0 Å². The smallest absolute Gasteiger partial charge is 0.414 e. The number of thiocarbonyl (C=S) groups is 1. The van der Waals surface area contributed by atoms with E-state index in [0.717, 1.165) is 5.56 Å². The number of aliphatic carboxylic acids is 2. The van der Waals surface area contributed by atoms with Crippen LogP contribution in [0.2, 0.25) is 10.0 Å². The molecule has 7 nitrogen and oxygen atoms in total. The first kappa shape index (κ1) is 23.2. The molecule has 2 rings (SSSR count). The molecule has 146 valence electrons. The maximum Gasteiger partial charge on any atom is 0.414 e. The van der Waals surface area contributed by atoms with Gasteiger partial charge in [0, 0.05) is 29.0 Å². The van der Waals surface area contributed by atoms with Crippen LogP contribution in [0.15, 0.2) is 36.9 Å². The Kier molecular flexibility index (Phi) is 10.2. The Morgan fingerprint density at radius 2 is 2.00 bits per heavy atom. The maximum atomic E-state index is 9.10. The summed E-state index contributed by atoms with van der Waals surface area (Å²) < 4.78 is 7.87. The molecule has 0 aliphatic rings. The average Bonchev–Trinajstić information content (AvgIpc) is 3.08. The third-order valence-corrected chi connectivity index (χ3v) is 4.90. The molecule has 27 heavy (non-hydrogen) atoms. The second-order valence-electron chi connectivity index (χ2n) is 4.83. The van der Waals surface area contributed by atoms with E-state index in [1.54, 1.807) is 18.6 Å². The van der Waals surface area contributed by atoms with E-state index >= 15 is 0 Å². The first-order valence-electron chi connectivity index (χ1n) is 7.44. The predicted octanol–water partition coefficient (Wildman–Crippen LogP) is 4.14. The largest absolute Gasteiger partial charge is 0.479 e. The summed E-state index contributed by atoms with van der Waals surface area (Å²) in [5.41, 5.74) is 0.974. The minimum Gasteiger partial charge on any atom is -0.479 e. The number of hydrogen-bond acceptors (Lipinski definition) is 6. The van der Waals surface area contributed by atoms with Gasteiger partial charge in [-0.2, -0.15) is 0 Å². The Bertz CT molecular complexity index is 775. The minimum atomic E-state index is -1.82. The van der Waals surface area contributed by atoms with Crippen LogP contribution in [0.3, 0.4) is 0 Å². The number of carboxylic acids is 2. The van der Waals surface area contributed by atoms with Crippen molar-refractivity contribution in [3.8, 4) is 0 Å². The Balaban J connectivity index is 0.000000527. The summed E-state index contributed by atoms with van der Waals surface area (Å²) >= 11 is 19.0. The number of aromatic nitrogens is 2. The lowest BCUT2D eigenvalue weighted by Crippen LogP contribution is -2.09. The number of ether oxygens (including phenoxy) is 1. The Morgan fingerprint density at radius 1 is 1.33 bits per heavy atom. The topological polar surface area (TPSA) is 102 Å². The summed E-state index contributed by atoms with van der Waals surface area (Å²) in [7, 11) is 0. The minimum absolute atomic E-state index is 0.0306. The van der Waals surface area contributed by atoms with Crippen molar-refractivity contribution in [1.82, 2.24) is 9.55 Å². The summed E-state index contributed by atoms with van der Waals surface area (Å²) in [5.74, 6) is -3.65. The molecule has 1 heterocycles. The molecule has 1 aromatic carbocycles. The second kappa shape index (κ2) is 11.8. The summed E-state index contributed by atoms with van der Waals surface area (Å²) in [5, 5.41) is 16.1. The lowest BCUT2D eigenvalue weighted by atomic mass is 10.1. The van der Waals surface area contributed by atoms with Gasteiger partial charge in [-0.15, -0.1) is 0 Å². The van der Waals surface area contributed by atoms with Crippen LogP contribution in [0.1, 0.15) is 17.7 Å². The van der Waals surface area contributed by atoms with E-state index in [1.807, 2.05) is 29.8 Å². The molecule has 0 spiro atoms. The molecule has 0 saturated carbocycles. The zero-order valence-corrected chi connectivity index (χ0v) is 17.2. The summed E-state index contributed by atoms with van der Waals surface area (Å²) in [6, 6.07) is 5.49. The quantitative estimate of drug-likeness (QED) is 0.517. The van der Waals surface area contributed by atoms with Gasteiger partial charge in [0.15, 0.2) is 0 Å². The van der Waals surface area contributed by atoms with Crippen LogP contribution < -0.4 is 0 Å². The Hall–Kier alpha value is -1.81. The highest BCUT2D eigenvalue weighted by atomic mass is 35.5. The summed E-state index contributed by atoms with van der Waals surface area (Å²) in [4.78, 5) is 22.3. The van der Waals surface area contributed by atoms with E-state index in [4.69, 9.17) is 60.0 Å². The van der Waals surface area contributed by atoms with Crippen LogP contribution in [0.4, 0.5) is 0 Å². The van der Waals surface area contributed by atoms with Crippen molar-refractivity contribution >= 4 is 63.5 Å². The van der Waals surface area contributed by atoms with Crippen molar-refractivity contribution in [2.45, 2.75) is 18.7 Å². The number of imidazole rings is 1. The molecule has 1 unspecified atom stereocenters. The normalized spacial score (nSPS) is 11.1. The molecule has 0 fully saturated rings. The monoisotopic (exact) mass is 450 g/mol. The van der Waals surface area contributed by atoms with Crippen molar-refractivity contribution in [3.05, 3.63) is 52.5 Å². The first-order valence-corrected chi connectivity index (χ1v) is 9.49. The van der Waals surface area contributed by atoms with Gasteiger partial charge in [-0.3, -0.25) is 0 Å². The standard InChI is InChI=1S/C14H14Cl2N2OS2.C2H2O4/c1-2-19-14(20)21-13(8-18-6-5-17-9-18)11-4-3-10(15)7-12(11)16;3-1(4)2(5)6/h3-7,9,13H,2,8H2,1H3;(H,3,4)(H,5,6). The van der Waals surface area contributed by atoms with Crippen molar-refractivity contribution in [1.29, 1.82) is 0 Å². The number of rotatable bonds is 5. The van der Waals surface area contributed by atoms with Gasteiger partial charge in [0.25, 0.3) is 0 Å². The number of carboxylic acid groups (broad SMARTS) is 2. The molecular weight excluding hydrogens is 435 g/mol. The fourth-order valence-corrected chi connectivity index (χ4v) is 3.88. The zero-order chi connectivity index (χ0) is 20.4. The Morgan fingerprint density at radius 3 is 2.48 bits per heavy atom. The van der Waals surface area contributed by atoms with Gasteiger partial charge in [-0.1, -0.05) is 41.0 Å². The third-order valence-electron chi connectivity index (χ3n) is 2.93. The second-order valence-corrected chi connectivity index (χ2v) is 7.47. The van der Waals surface area contributed by atoms with Crippen molar-refractivity contribution in [2.75, 3.05) is 6.61 Å². The van der Waals surface area contributed by atoms with Crippen LogP contribution in [-0.2, 0) is 20.9 Å². The molecule has 0 saturated heterocycles. The zero-order valence-electron chi connectivity index (χ0n) is 14.0. The number of thioether (sulfide) groups is 1. The van der Waals surface area contributed by atoms with E-state index < -0.39 is 11.9 Å². The van der Waals surface area contributed by atoms with E-state index in [-0.39, 0.29) is 5.25 Å². The molecular formula is C16H16Cl2N2O5S2. The lowest BCUT2D eigenvalue weighted by molar-refractivity contribution is -0.159. The number of halogens is 2. The summed E-state index contributed by atoms with van der Waals surface area (Å²) in [6.07, 6.45) is 5.41. The molecule has 0 radical (unpaired) electrons. The number of hydrogen-bond donors (Lipinski definition) is 2. The number of benzene rings is 1. The molecule has 0 aliphatic heterocycles. The van der Waals surface area contributed by atoms with Crippen LogP contribution in [0, 0.1) is 0 Å². The van der Waals surface area contributed by atoms with Crippen LogP contribution in [0.25, 0.3) is 0 Å². The van der Waals surface area contributed by atoms with Crippen molar-refractivity contribution in [2.24, 2.45) is 0 Å². The van der Waals surface area contributed by atoms with Crippen LogP contribution in [-0.4, -0.2) is 42.7 Å². The van der Waals surface area contributed by atoms with Crippen LogP contribution in [0.5, 0.6) is 0 Å². The van der Waals surface area contributed by atoms with Gasteiger partial charge in [0.2, 0.25) is 4.38 Å². The predicted molar refractivity (Wildman–Crippen MR) is 109 cm³/mol. The van der Waals surface area contributed by atoms with Gasteiger partial charge < -0.3 is 19.5 Å². The van der Waals surface area contributed by atoms with Gasteiger partial charge in [-0.05, 0) is 36.8 Å².